The van der Waals surface area contributed by atoms with Crippen molar-refractivity contribution in [2.45, 2.75) is 58.3 Å². The minimum atomic E-state index is -0.475. The lowest BCUT2D eigenvalue weighted by atomic mass is 9.98. The van der Waals surface area contributed by atoms with Gasteiger partial charge in [-0.15, -0.1) is 11.3 Å². The fourth-order valence-electron chi connectivity index (χ4n) is 3.41. The Morgan fingerprint density at radius 3 is 2.75 bits per heavy atom. The molecule has 1 saturated heterocycles. The maximum absolute atomic E-state index is 12.3. The summed E-state index contributed by atoms with van der Waals surface area (Å²) < 4.78 is 11.2. The van der Waals surface area contributed by atoms with Crippen LogP contribution in [0, 0.1) is 0 Å². The van der Waals surface area contributed by atoms with Gasteiger partial charge >= 0.3 is 6.09 Å². The predicted molar refractivity (Wildman–Crippen MR) is 106 cm³/mol. The molecule has 0 aliphatic carbocycles. The zero-order valence-corrected chi connectivity index (χ0v) is 17.8. The Hall–Kier alpha value is -1.77. The molecule has 0 bridgehead atoms. The summed E-state index contributed by atoms with van der Waals surface area (Å²) in [4.78, 5) is 28.4. The molecule has 2 aromatic rings. The zero-order valence-electron chi connectivity index (χ0n) is 16.2. The third-order valence-corrected chi connectivity index (χ3v) is 6.21. The Morgan fingerprint density at radius 1 is 1.29 bits per heavy atom. The second kappa shape index (κ2) is 7.57. The molecule has 2 aromatic heterocycles. The molecule has 28 heavy (non-hydrogen) atoms. The van der Waals surface area contributed by atoms with E-state index in [0.717, 1.165) is 39.7 Å². The number of halogens is 1. The first-order chi connectivity index (χ1) is 13.3. The van der Waals surface area contributed by atoms with Crippen LogP contribution in [-0.2, 0) is 22.7 Å². The largest absolute Gasteiger partial charge is 0.444 e. The maximum Gasteiger partial charge on any atom is 0.410 e. The number of fused-ring (bicyclic) bond motifs is 3. The molecule has 0 atom stereocenters. The molecule has 2 aliphatic heterocycles. The summed E-state index contributed by atoms with van der Waals surface area (Å²) in [5.41, 5.74) is 2.18. The van der Waals surface area contributed by atoms with Gasteiger partial charge < -0.3 is 14.4 Å². The number of piperidine rings is 1. The van der Waals surface area contributed by atoms with E-state index in [1.165, 1.54) is 0 Å². The standard InChI is InChI=1S/C19H23ClN4O3S/c1-19(2,3)27-18(25)24-6-4-11(5-7-24)16-22-13-10-26-9-12-8-21-17(20)23-14(12)15(13)28-16/h8,11H,4-7,9-10H2,1-3H3. The van der Waals surface area contributed by atoms with Gasteiger partial charge in [0.15, 0.2) is 0 Å². The molecular weight excluding hydrogens is 400 g/mol. The number of aromatic nitrogens is 3. The predicted octanol–water partition coefficient (Wildman–Crippen LogP) is 4.40. The van der Waals surface area contributed by atoms with Crippen molar-refractivity contribution in [3.63, 3.8) is 0 Å². The Labute approximate surface area is 173 Å². The molecule has 7 nitrogen and oxygen atoms in total. The van der Waals surface area contributed by atoms with Crippen LogP contribution in [0.5, 0.6) is 0 Å². The van der Waals surface area contributed by atoms with E-state index < -0.39 is 5.60 Å². The molecular formula is C19H23ClN4O3S. The lowest BCUT2D eigenvalue weighted by Crippen LogP contribution is -2.41. The van der Waals surface area contributed by atoms with Crippen LogP contribution in [0.15, 0.2) is 6.20 Å². The number of likely N-dealkylation sites (tertiary alicyclic amines) is 1. The van der Waals surface area contributed by atoms with Crippen LogP contribution in [0.25, 0.3) is 10.6 Å². The van der Waals surface area contributed by atoms with Gasteiger partial charge in [0, 0.05) is 30.8 Å². The molecule has 0 radical (unpaired) electrons. The number of hydrogen-bond donors (Lipinski definition) is 0. The summed E-state index contributed by atoms with van der Waals surface area (Å²) in [6, 6.07) is 0. The van der Waals surface area contributed by atoms with E-state index in [1.54, 1.807) is 22.4 Å². The van der Waals surface area contributed by atoms with E-state index in [0.29, 0.717) is 32.2 Å². The Kier molecular flexibility index (Phi) is 5.28. The Morgan fingerprint density at radius 2 is 2.04 bits per heavy atom. The minimum Gasteiger partial charge on any atom is -0.444 e. The molecule has 0 saturated carbocycles. The van der Waals surface area contributed by atoms with Crippen molar-refractivity contribution in [2.24, 2.45) is 0 Å². The maximum atomic E-state index is 12.3. The molecule has 4 heterocycles. The number of amides is 1. The van der Waals surface area contributed by atoms with Crippen LogP contribution in [0.4, 0.5) is 4.79 Å². The molecule has 0 spiro atoms. The monoisotopic (exact) mass is 422 g/mol. The van der Waals surface area contributed by atoms with Gasteiger partial charge in [0.05, 0.1) is 34.5 Å². The van der Waals surface area contributed by atoms with Crippen LogP contribution in [0.1, 0.15) is 55.8 Å². The van der Waals surface area contributed by atoms with Gasteiger partial charge in [-0.1, -0.05) is 0 Å². The second-order valence-corrected chi connectivity index (χ2v) is 9.44. The van der Waals surface area contributed by atoms with Gasteiger partial charge in [-0.05, 0) is 45.2 Å². The highest BCUT2D eigenvalue weighted by atomic mass is 35.5. The van der Waals surface area contributed by atoms with E-state index >= 15 is 0 Å². The zero-order chi connectivity index (χ0) is 19.9. The number of nitrogens with zero attached hydrogens (tertiary/aromatic N) is 4. The van der Waals surface area contributed by atoms with Gasteiger partial charge in [-0.25, -0.2) is 19.7 Å². The molecule has 150 valence electrons. The van der Waals surface area contributed by atoms with Gasteiger partial charge in [0.25, 0.3) is 0 Å². The highest BCUT2D eigenvalue weighted by Crippen LogP contribution is 2.40. The summed E-state index contributed by atoms with van der Waals surface area (Å²) >= 11 is 7.67. The smallest absolute Gasteiger partial charge is 0.410 e. The average Bonchev–Trinajstić information content (AvgIpc) is 2.98. The van der Waals surface area contributed by atoms with Crippen LogP contribution < -0.4 is 0 Å². The highest BCUT2D eigenvalue weighted by Gasteiger charge is 2.30. The summed E-state index contributed by atoms with van der Waals surface area (Å²) in [5, 5.41) is 1.30. The number of thiazole rings is 1. The summed E-state index contributed by atoms with van der Waals surface area (Å²) in [5.74, 6) is 0.316. The van der Waals surface area contributed by atoms with Crippen LogP contribution in [0.2, 0.25) is 5.28 Å². The van der Waals surface area contributed by atoms with Gasteiger partial charge in [-0.2, -0.15) is 0 Å². The van der Waals surface area contributed by atoms with Crippen molar-refractivity contribution in [1.29, 1.82) is 0 Å². The van der Waals surface area contributed by atoms with Crippen LogP contribution in [0.3, 0.4) is 0 Å². The lowest BCUT2D eigenvalue weighted by molar-refractivity contribution is 0.0204. The van der Waals surface area contributed by atoms with Crippen molar-refractivity contribution in [3.05, 3.63) is 27.7 Å². The number of carbonyl (C=O) groups excluding carboxylic acids is 1. The number of carbonyl (C=O) groups is 1. The number of ether oxygens (including phenoxy) is 2. The second-order valence-electron chi connectivity index (χ2n) is 8.08. The molecule has 0 unspecified atom stereocenters. The normalized spacial score (nSPS) is 17.6. The van der Waals surface area contributed by atoms with E-state index in [1.807, 2.05) is 20.8 Å². The molecule has 1 fully saturated rings. The van der Waals surface area contributed by atoms with E-state index in [-0.39, 0.29) is 11.4 Å². The molecule has 2 aliphatic rings. The first kappa shape index (κ1) is 19.5. The average molecular weight is 423 g/mol. The van der Waals surface area contributed by atoms with Crippen molar-refractivity contribution >= 4 is 29.0 Å². The van der Waals surface area contributed by atoms with Crippen LogP contribution >= 0.6 is 22.9 Å². The first-order valence-corrected chi connectivity index (χ1v) is 10.6. The molecule has 0 aromatic carbocycles. The third kappa shape index (κ3) is 4.14. The molecule has 4 rings (SSSR count). The summed E-state index contributed by atoms with van der Waals surface area (Å²) in [7, 11) is 0. The quantitative estimate of drug-likeness (QED) is 0.634. The van der Waals surface area contributed by atoms with E-state index in [4.69, 9.17) is 26.1 Å². The minimum absolute atomic E-state index is 0.229. The van der Waals surface area contributed by atoms with Crippen LogP contribution in [-0.4, -0.2) is 44.6 Å². The van der Waals surface area contributed by atoms with E-state index in [9.17, 15) is 4.79 Å². The first-order valence-electron chi connectivity index (χ1n) is 9.37. The van der Waals surface area contributed by atoms with Crippen molar-refractivity contribution in [3.8, 4) is 10.6 Å². The van der Waals surface area contributed by atoms with Gasteiger partial charge in [0.2, 0.25) is 5.28 Å². The third-order valence-electron chi connectivity index (χ3n) is 4.76. The number of hydrogen-bond acceptors (Lipinski definition) is 7. The van der Waals surface area contributed by atoms with Crippen molar-refractivity contribution in [2.75, 3.05) is 13.1 Å². The Bertz CT molecular complexity index is 888. The molecule has 1 amide bonds. The van der Waals surface area contributed by atoms with E-state index in [2.05, 4.69) is 9.97 Å². The van der Waals surface area contributed by atoms with Crippen molar-refractivity contribution in [1.82, 2.24) is 19.9 Å². The fraction of sp³-hybridized carbons (Fsp3) is 0.579. The SMILES string of the molecule is CC(C)(C)OC(=O)N1CCC(c2nc3c(s2)-c2nc(Cl)ncc2COC3)CC1. The topological polar surface area (TPSA) is 77.4 Å². The fourth-order valence-corrected chi connectivity index (χ4v) is 4.80. The summed E-state index contributed by atoms with van der Waals surface area (Å²) in [6.45, 7) is 7.91. The number of rotatable bonds is 1. The molecule has 9 heteroatoms. The Balaban J connectivity index is 1.50. The lowest BCUT2D eigenvalue weighted by Gasteiger charge is -2.32. The van der Waals surface area contributed by atoms with Gasteiger partial charge in [-0.3, -0.25) is 0 Å². The molecule has 0 N–H and O–H groups in total. The van der Waals surface area contributed by atoms with Gasteiger partial charge in [0.1, 0.15) is 5.60 Å². The summed E-state index contributed by atoms with van der Waals surface area (Å²) in [6.07, 6.45) is 3.21. The van der Waals surface area contributed by atoms with Crippen molar-refractivity contribution < 1.29 is 14.3 Å². The highest BCUT2D eigenvalue weighted by molar-refractivity contribution is 7.15.